The Balaban J connectivity index is 2.48. The van der Waals surface area contributed by atoms with E-state index < -0.39 is 0 Å². The molecule has 0 radical (unpaired) electrons. The van der Waals surface area contributed by atoms with Gasteiger partial charge in [0, 0.05) is 18.3 Å². The molecular weight excluding hydrogens is 234 g/mol. The van der Waals surface area contributed by atoms with E-state index in [9.17, 15) is 5.26 Å². The largest absolute Gasteiger partial charge is 0.352 e. The number of nitriles is 1. The van der Waals surface area contributed by atoms with Crippen LogP contribution < -0.4 is 4.90 Å². The van der Waals surface area contributed by atoms with Gasteiger partial charge in [-0.25, -0.2) is 4.98 Å². The molecule has 0 amide bonds. The van der Waals surface area contributed by atoms with Crippen LogP contribution in [0.4, 0.5) is 5.82 Å². The zero-order valence-corrected chi connectivity index (χ0v) is 12.6. The van der Waals surface area contributed by atoms with Crippen LogP contribution in [0.15, 0.2) is 6.07 Å². The van der Waals surface area contributed by atoms with Crippen molar-refractivity contribution < 1.29 is 0 Å². The fraction of sp³-hybridized carbons (Fsp3) is 0.625. The van der Waals surface area contributed by atoms with Crippen LogP contribution in [-0.2, 0) is 0 Å². The maximum absolute atomic E-state index is 9.42. The molecule has 0 N–H and O–H groups in total. The second kappa shape index (κ2) is 5.21. The smallest absolute Gasteiger partial charge is 0.147 e. The van der Waals surface area contributed by atoms with E-state index in [-0.39, 0.29) is 0 Å². The third kappa shape index (κ3) is 2.58. The van der Waals surface area contributed by atoms with Crippen molar-refractivity contribution >= 4 is 5.82 Å². The van der Waals surface area contributed by atoms with Crippen molar-refractivity contribution in [2.75, 3.05) is 11.4 Å². The molecule has 3 atom stereocenters. The summed E-state index contributed by atoms with van der Waals surface area (Å²) in [5.74, 6) is 2.17. The van der Waals surface area contributed by atoms with Gasteiger partial charge >= 0.3 is 0 Å². The number of anilines is 1. The van der Waals surface area contributed by atoms with Crippen molar-refractivity contribution in [1.29, 1.82) is 5.26 Å². The minimum Gasteiger partial charge on any atom is -0.352 e. The molecule has 1 fully saturated rings. The molecule has 0 aliphatic carbocycles. The summed E-state index contributed by atoms with van der Waals surface area (Å²) in [5, 5.41) is 9.42. The standard InChI is InChI=1S/C16H23N3/c1-10-6-11(2)14(5)19(9-10)16-15(8-17)12(3)7-13(4)18-16/h7,10-11,14H,6,9H2,1-5H3. The molecule has 1 aromatic rings. The van der Waals surface area contributed by atoms with Gasteiger partial charge in [-0.15, -0.1) is 0 Å². The summed E-state index contributed by atoms with van der Waals surface area (Å²) in [7, 11) is 0. The first-order valence-electron chi connectivity index (χ1n) is 7.09. The van der Waals surface area contributed by atoms with Gasteiger partial charge in [-0.1, -0.05) is 13.8 Å². The maximum atomic E-state index is 9.42. The summed E-state index contributed by atoms with van der Waals surface area (Å²) in [5.41, 5.74) is 2.76. The fourth-order valence-corrected chi connectivity index (χ4v) is 3.16. The number of piperidine rings is 1. The first kappa shape index (κ1) is 13.9. The molecule has 3 heteroatoms. The van der Waals surface area contributed by atoms with E-state index >= 15 is 0 Å². The van der Waals surface area contributed by atoms with Crippen molar-refractivity contribution in [2.24, 2.45) is 11.8 Å². The van der Waals surface area contributed by atoms with Crippen LogP contribution in [0.2, 0.25) is 0 Å². The average Bonchev–Trinajstić information content (AvgIpc) is 2.33. The van der Waals surface area contributed by atoms with Crippen LogP contribution >= 0.6 is 0 Å². The Morgan fingerprint density at radius 3 is 2.63 bits per heavy atom. The Morgan fingerprint density at radius 1 is 1.32 bits per heavy atom. The van der Waals surface area contributed by atoms with Gasteiger partial charge in [-0.05, 0) is 50.7 Å². The first-order chi connectivity index (χ1) is 8.93. The van der Waals surface area contributed by atoms with Crippen LogP contribution in [0.5, 0.6) is 0 Å². The minimum atomic E-state index is 0.442. The summed E-state index contributed by atoms with van der Waals surface area (Å²) < 4.78 is 0. The predicted octanol–water partition coefficient (Wildman–Crippen LogP) is 3.44. The van der Waals surface area contributed by atoms with Crippen LogP contribution in [-0.4, -0.2) is 17.6 Å². The zero-order chi connectivity index (χ0) is 14.2. The van der Waals surface area contributed by atoms with Crippen molar-refractivity contribution in [3.8, 4) is 6.07 Å². The van der Waals surface area contributed by atoms with Gasteiger partial charge in [0.05, 0.1) is 5.56 Å². The number of rotatable bonds is 1. The topological polar surface area (TPSA) is 39.9 Å². The molecule has 1 aliphatic heterocycles. The lowest BCUT2D eigenvalue weighted by molar-refractivity contribution is 0.295. The maximum Gasteiger partial charge on any atom is 0.147 e. The van der Waals surface area contributed by atoms with Gasteiger partial charge in [-0.3, -0.25) is 0 Å². The van der Waals surface area contributed by atoms with E-state index in [4.69, 9.17) is 0 Å². The third-order valence-corrected chi connectivity index (χ3v) is 4.31. The highest BCUT2D eigenvalue weighted by atomic mass is 15.2. The Bertz CT molecular complexity index is 515. The molecule has 2 rings (SSSR count). The van der Waals surface area contributed by atoms with Crippen molar-refractivity contribution in [1.82, 2.24) is 4.98 Å². The molecule has 0 aromatic carbocycles. The normalized spacial score (nSPS) is 27.2. The van der Waals surface area contributed by atoms with Crippen LogP contribution in [0, 0.1) is 37.0 Å². The summed E-state index contributed by atoms with van der Waals surface area (Å²) in [6.45, 7) is 11.8. The lowest BCUT2D eigenvalue weighted by Gasteiger charge is -2.42. The van der Waals surface area contributed by atoms with Gasteiger partial charge in [0.1, 0.15) is 11.9 Å². The number of hydrogen-bond acceptors (Lipinski definition) is 3. The molecule has 3 nitrogen and oxygen atoms in total. The van der Waals surface area contributed by atoms with Gasteiger partial charge in [-0.2, -0.15) is 5.26 Å². The number of nitrogens with zero attached hydrogens (tertiary/aromatic N) is 3. The van der Waals surface area contributed by atoms with Crippen molar-refractivity contribution in [3.05, 3.63) is 22.9 Å². The highest BCUT2D eigenvalue weighted by Crippen LogP contribution is 2.33. The molecular formula is C16H23N3. The Morgan fingerprint density at radius 2 is 2.00 bits per heavy atom. The highest BCUT2D eigenvalue weighted by Gasteiger charge is 2.31. The number of hydrogen-bond donors (Lipinski definition) is 0. The zero-order valence-electron chi connectivity index (χ0n) is 12.6. The van der Waals surface area contributed by atoms with E-state index in [2.05, 4.69) is 36.7 Å². The second-order valence-electron chi connectivity index (χ2n) is 6.10. The predicted molar refractivity (Wildman–Crippen MR) is 78.2 cm³/mol. The van der Waals surface area contributed by atoms with E-state index in [0.717, 1.165) is 29.2 Å². The van der Waals surface area contributed by atoms with Gasteiger partial charge in [0.2, 0.25) is 0 Å². The molecule has 0 spiro atoms. The molecule has 1 aliphatic rings. The van der Waals surface area contributed by atoms with Crippen molar-refractivity contribution in [2.45, 2.75) is 47.1 Å². The summed E-state index contributed by atoms with van der Waals surface area (Å²) >= 11 is 0. The van der Waals surface area contributed by atoms with E-state index in [0.29, 0.717) is 17.9 Å². The Kier molecular flexibility index (Phi) is 3.80. The number of pyridine rings is 1. The molecule has 19 heavy (non-hydrogen) atoms. The lowest BCUT2D eigenvalue weighted by atomic mass is 9.85. The molecule has 1 saturated heterocycles. The molecule has 2 heterocycles. The summed E-state index contributed by atoms with van der Waals surface area (Å²) in [4.78, 5) is 6.98. The summed E-state index contributed by atoms with van der Waals surface area (Å²) in [6, 6.07) is 4.77. The van der Waals surface area contributed by atoms with Gasteiger partial charge < -0.3 is 4.90 Å². The van der Waals surface area contributed by atoms with Crippen LogP contribution in [0.3, 0.4) is 0 Å². The fourth-order valence-electron chi connectivity index (χ4n) is 3.16. The molecule has 0 bridgehead atoms. The van der Waals surface area contributed by atoms with Gasteiger partial charge in [0.15, 0.2) is 0 Å². The highest BCUT2D eigenvalue weighted by molar-refractivity contribution is 5.59. The molecule has 1 aromatic heterocycles. The third-order valence-electron chi connectivity index (χ3n) is 4.31. The first-order valence-corrected chi connectivity index (χ1v) is 7.09. The van der Waals surface area contributed by atoms with E-state index in [1.807, 2.05) is 19.9 Å². The molecule has 102 valence electrons. The van der Waals surface area contributed by atoms with Crippen LogP contribution in [0.1, 0.15) is 44.0 Å². The summed E-state index contributed by atoms with van der Waals surface area (Å²) in [6.07, 6.45) is 1.25. The molecule has 3 unspecified atom stereocenters. The SMILES string of the molecule is Cc1cc(C)c(C#N)c(N2CC(C)CC(C)C2C)n1. The van der Waals surface area contributed by atoms with E-state index in [1.165, 1.54) is 6.42 Å². The number of aryl methyl sites for hydroxylation is 2. The monoisotopic (exact) mass is 257 g/mol. The minimum absolute atomic E-state index is 0.442. The average molecular weight is 257 g/mol. The van der Waals surface area contributed by atoms with Crippen molar-refractivity contribution in [3.63, 3.8) is 0 Å². The lowest BCUT2D eigenvalue weighted by Crippen LogP contribution is -2.46. The Hall–Kier alpha value is -1.56. The number of aromatic nitrogens is 1. The quantitative estimate of drug-likeness (QED) is 0.773. The van der Waals surface area contributed by atoms with Crippen LogP contribution in [0.25, 0.3) is 0 Å². The molecule has 0 saturated carbocycles. The Labute approximate surface area is 116 Å². The van der Waals surface area contributed by atoms with Gasteiger partial charge in [0.25, 0.3) is 0 Å². The second-order valence-corrected chi connectivity index (χ2v) is 6.10. The van der Waals surface area contributed by atoms with E-state index in [1.54, 1.807) is 0 Å².